The Morgan fingerprint density at radius 3 is 2.41 bits per heavy atom. The molecule has 0 radical (unpaired) electrons. The third-order valence-electron chi connectivity index (χ3n) is 5.01. The lowest BCUT2D eigenvalue weighted by Gasteiger charge is -2.19. The van der Waals surface area contributed by atoms with Crippen molar-refractivity contribution in [3.05, 3.63) is 83.9 Å². The Bertz CT molecular complexity index is 1130. The molecule has 27 heavy (non-hydrogen) atoms. The van der Waals surface area contributed by atoms with Gasteiger partial charge in [0, 0.05) is 23.2 Å². The summed E-state index contributed by atoms with van der Waals surface area (Å²) < 4.78 is 0. The van der Waals surface area contributed by atoms with Crippen LogP contribution in [0.1, 0.15) is 17.5 Å². The van der Waals surface area contributed by atoms with Gasteiger partial charge < -0.3 is 10.4 Å². The molecule has 0 aliphatic rings. The maximum absolute atomic E-state index is 11.2. The van der Waals surface area contributed by atoms with E-state index in [0.717, 1.165) is 27.9 Å². The number of carboxylic acids is 1. The van der Waals surface area contributed by atoms with Crippen LogP contribution in [0.25, 0.3) is 21.5 Å². The summed E-state index contributed by atoms with van der Waals surface area (Å²) in [7, 11) is 0. The summed E-state index contributed by atoms with van der Waals surface area (Å²) in [5.41, 5.74) is 4.17. The number of fused-ring (bicyclic) bond motifs is 3. The lowest BCUT2D eigenvalue weighted by Crippen LogP contribution is -2.04. The predicted molar refractivity (Wildman–Crippen MR) is 112 cm³/mol. The summed E-state index contributed by atoms with van der Waals surface area (Å²) in [4.78, 5) is 11.2. The zero-order valence-electron chi connectivity index (χ0n) is 15.2. The summed E-state index contributed by atoms with van der Waals surface area (Å²) in [5, 5.41) is 17.4. The van der Waals surface area contributed by atoms with Crippen molar-refractivity contribution in [2.75, 3.05) is 5.32 Å². The largest absolute Gasteiger partial charge is 0.481 e. The number of nitrogens with one attached hydrogen (secondary N) is 1. The molecule has 0 saturated carbocycles. The van der Waals surface area contributed by atoms with Crippen molar-refractivity contribution in [1.82, 2.24) is 0 Å². The van der Waals surface area contributed by atoms with Crippen LogP contribution in [0.2, 0.25) is 0 Å². The Balaban J connectivity index is 1.97. The Morgan fingerprint density at radius 1 is 0.889 bits per heavy atom. The van der Waals surface area contributed by atoms with Crippen LogP contribution < -0.4 is 5.32 Å². The van der Waals surface area contributed by atoms with Crippen LogP contribution in [0.15, 0.2) is 72.8 Å². The first-order valence-electron chi connectivity index (χ1n) is 9.11. The molecular weight excluding hydrogens is 334 g/mol. The van der Waals surface area contributed by atoms with Gasteiger partial charge in [0.2, 0.25) is 0 Å². The summed E-state index contributed by atoms with van der Waals surface area (Å²) in [6.45, 7) is 2.06. The first-order valence-corrected chi connectivity index (χ1v) is 9.11. The van der Waals surface area contributed by atoms with Crippen molar-refractivity contribution in [1.29, 1.82) is 0 Å². The highest BCUT2D eigenvalue weighted by Crippen LogP contribution is 2.37. The monoisotopic (exact) mass is 355 g/mol. The number of anilines is 2. The molecule has 0 atom stereocenters. The summed E-state index contributed by atoms with van der Waals surface area (Å²) in [5.74, 6) is -0.779. The number of hydrogen-bond donors (Lipinski definition) is 2. The van der Waals surface area contributed by atoms with E-state index in [1.54, 1.807) is 0 Å². The van der Waals surface area contributed by atoms with Crippen LogP contribution in [0, 0.1) is 6.92 Å². The number of carboxylic acid groups (broad SMARTS) is 1. The summed E-state index contributed by atoms with van der Waals surface area (Å²) in [6, 6.07) is 24.8. The first-order chi connectivity index (χ1) is 13.1. The average Bonchev–Trinajstić information content (AvgIpc) is 2.68. The number of hydrogen-bond acceptors (Lipinski definition) is 2. The number of benzene rings is 4. The van der Waals surface area contributed by atoms with E-state index in [0.29, 0.717) is 6.42 Å². The van der Waals surface area contributed by atoms with Crippen LogP contribution in [0.3, 0.4) is 0 Å². The first kappa shape index (κ1) is 17.1. The number of carbonyl (C=O) groups is 1. The molecular formula is C24H21NO2. The second-order valence-electron chi connectivity index (χ2n) is 6.81. The molecule has 0 unspecified atom stereocenters. The molecule has 0 saturated heterocycles. The molecule has 0 amide bonds. The Morgan fingerprint density at radius 2 is 1.63 bits per heavy atom. The van der Waals surface area contributed by atoms with Crippen LogP contribution in [0.5, 0.6) is 0 Å². The smallest absolute Gasteiger partial charge is 0.303 e. The summed E-state index contributed by atoms with van der Waals surface area (Å²) >= 11 is 0. The van der Waals surface area contributed by atoms with Gasteiger partial charge in [0.05, 0.1) is 0 Å². The SMILES string of the molecule is Cc1cc2c(ccc3ccccc32)c(Nc2ccccc2)c1CCC(=O)O. The van der Waals surface area contributed by atoms with Gasteiger partial charge >= 0.3 is 5.97 Å². The number of rotatable bonds is 5. The molecule has 4 aromatic rings. The topological polar surface area (TPSA) is 49.3 Å². The quantitative estimate of drug-likeness (QED) is 0.428. The third kappa shape index (κ3) is 3.36. The fraction of sp³-hybridized carbons (Fsp3) is 0.125. The van der Waals surface area contributed by atoms with Gasteiger partial charge in [-0.1, -0.05) is 60.7 Å². The molecule has 4 aromatic carbocycles. The van der Waals surface area contributed by atoms with E-state index in [9.17, 15) is 9.90 Å². The predicted octanol–water partition coefficient (Wildman–Crippen LogP) is 6.06. The molecule has 4 rings (SSSR count). The van der Waals surface area contributed by atoms with E-state index >= 15 is 0 Å². The van der Waals surface area contributed by atoms with Gasteiger partial charge in [0.15, 0.2) is 0 Å². The normalized spacial score (nSPS) is 11.0. The molecule has 3 heteroatoms. The molecule has 3 nitrogen and oxygen atoms in total. The third-order valence-corrected chi connectivity index (χ3v) is 5.01. The second-order valence-corrected chi connectivity index (χ2v) is 6.81. The van der Waals surface area contributed by atoms with Crippen LogP contribution in [-0.2, 0) is 11.2 Å². The van der Waals surface area contributed by atoms with Gasteiger partial charge in [0.1, 0.15) is 0 Å². The Hall–Kier alpha value is -3.33. The zero-order valence-corrected chi connectivity index (χ0v) is 15.2. The van der Waals surface area contributed by atoms with E-state index < -0.39 is 5.97 Å². The van der Waals surface area contributed by atoms with Crippen molar-refractivity contribution < 1.29 is 9.90 Å². The molecule has 0 aliphatic heterocycles. The molecule has 134 valence electrons. The van der Waals surface area contributed by atoms with Gasteiger partial charge in [-0.05, 0) is 52.8 Å². The Labute approximate surface area is 158 Å². The van der Waals surface area contributed by atoms with Crippen molar-refractivity contribution >= 4 is 38.9 Å². The number of aliphatic carboxylic acids is 1. The lowest BCUT2D eigenvalue weighted by molar-refractivity contribution is -0.136. The minimum absolute atomic E-state index is 0.114. The maximum atomic E-state index is 11.2. The highest BCUT2D eigenvalue weighted by Gasteiger charge is 2.14. The van der Waals surface area contributed by atoms with E-state index in [-0.39, 0.29) is 6.42 Å². The van der Waals surface area contributed by atoms with E-state index in [1.807, 2.05) is 36.4 Å². The standard InChI is InChI=1S/C24H21NO2/c1-16-15-22-20-10-6-5-7-17(20)11-12-21(22)24(19(16)13-14-23(26)27)25-18-8-3-2-4-9-18/h2-12,15,25H,13-14H2,1H3,(H,26,27). The van der Waals surface area contributed by atoms with Crippen molar-refractivity contribution in [3.8, 4) is 0 Å². The molecule has 0 bridgehead atoms. The zero-order chi connectivity index (χ0) is 18.8. The van der Waals surface area contributed by atoms with Crippen LogP contribution in [-0.4, -0.2) is 11.1 Å². The molecule has 0 aromatic heterocycles. The molecule has 2 N–H and O–H groups in total. The second kappa shape index (κ2) is 7.12. The highest BCUT2D eigenvalue weighted by molar-refractivity contribution is 6.12. The Kier molecular flexibility index (Phi) is 4.51. The summed E-state index contributed by atoms with van der Waals surface area (Å²) in [6.07, 6.45) is 0.614. The fourth-order valence-corrected chi connectivity index (χ4v) is 3.70. The number of para-hydroxylation sites is 1. The van der Waals surface area contributed by atoms with Gasteiger partial charge in [-0.15, -0.1) is 0 Å². The maximum Gasteiger partial charge on any atom is 0.303 e. The van der Waals surface area contributed by atoms with Gasteiger partial charge in [0.25, 0.3) is 0 Å². The van der Waals surface area contributed by atoms with Crippen LogP contribution in [0.4, 0.5) is 11.4 Å². The van der Waals surface area contributed by atoms with Gasteiger partial charge in [-0.2, -0.15) is 0 Å². The van der Waals surface area contributed by atoms with Crippen molar-refractivity contribution in [3.63, 3.8) is 0 Å². The van der Waals surface area contributed by atoms with Crippen molar-refractivity contribution in [2.24, 2.45) is 0 Å². The highest BCUT2D eigenvalue weighted by atomic mass is 16.4. The number of aryl methyl sites for hydroxylation is 1. The minimum Gasteiger partial charge on any atom is -0.481 e. The van der Waals surface area contributed by atoms with E-state index in [1.165, 1.54) is 16.2 Å². The molecule has 0 heterocycles. The molecule has 0 aliphatic carbocycles. The van der Waals surface area contributed by atoms with Gasteiger partial charge in [-0.3, -0.25) is 4.79 Å². The van der Waals surface area contributed by atoms with Crippen molar-refractivity contribution in [2.45, 2.75) is 19.8 Å². The fourth-order valence-electron chi connectivity index (χ4n) is 3.70. The molecule has 0 fully saturated rings. The van der Waals surface area contributed by atoms with E-state index in [4.69, 9.17) is 0 Å². The minimum atomic E-state index is -0.779. The average molecular weight is 355 g/mol. The molecule has 0 spiro atoms. The van der Waals surface area contributed by atoms with Crippen LogP contribution >= 0.6 is 0 Å². The van der Waals surface area contributed by atoms with Gasteiger partial charge in [-0.25, -0.2) is 0 Å². The van der Waals surface area contributed by atoms with E-state index in [2.05, 4.69) is 48.6 Å². The lowest BCUT2D eigenvalue weighted by atomic mass is 9.92.